The summed E-state index contributed by atoms with van der Waals surface area (Å²) in [4.78, 5) is 16.6. The summed E-state index contributed by atoms with van der Waals surface area (Å²) in [5.41, 5.74) is 0.371. The van der Waals surface area contributed by atoms with Gasteiger partial charge in [-0.25, -0.2) is 8.42 Å². The predicted molar refractivity (Wildman–Crippen MR) is 98.3 cm³/mol. The lowest BCUT2D eigenvalue weighted by atomic mass is 10.3. The fraction of sp³-hybridized carbons (Fsp3) is 0.765. The minimum atomic E-state index is -3.64. The lowest BCUT2D eigenvalue weighted by molar-refractivity contribution is -0.133. The minimum Gasteiger partial charge on any atom is -0.360 e. The fourth-order valence-corrected chi connectivity index (χ4v) is 4.89. The number of aromatic nitrogens is 1. The third-order valence-electron chi connectivity index (χ3n) is 4.79. The standard InChI is InChI=1S/C17H30N4O4S/c1-5-7-8-19(6-2)13-16(22)20-9-11-21(12-10-20)26(23,24)17-14(3)18-25-15(17)4/h5-13H2,1-4H3. The highest BCUT2D eigenvalue weighted by Gasteiger charge is 2.34. The van der Waals surface area contributed by atoms with Crippen LogP contribution in [0.4, 0.5) is 0 Å². The number of carbonyl (C=O) groups excluding carboxylic acids is 1. The molecular weight excluding hydrogens is 356 g/mol. The number of likely N-dealkylation sites (N-methyl/N-ethyl adjacent to an activating group) is 1. The first-order valence-corrected chi connectivity index (χ1v) is 10.7. The molecule has 0 N–H and O–H groups in total. The minimum absolute atomic E-state index is 0.0670. The molecule has 0 radical (unpaired) electrons. The van der Waals surface area contributed by atoms with Crippen LogP contribution in [0.3, 0.4) is 0 Å². The summed E-state index contributed by atoms with van der Waals surface area (Å²) in [5, 5.41) is 3.74. The molecule has 0 aliphatic carbocycles. The molecule has 0 spiro atoms. The summed E-state index contributed by atoms with van der Waals surface area (Å²) in [7, 11) is -3.64. The van der Waals surface area contributed by atoms with Crippen LogP contribution < -0.4 is 0 Å². The van der Waals surface area contributed by atoms with Crippen molar-refractivity contribution in [2.24, 2.45) is 0 Å². The second-order valence-corrected chi connectivity index (χ2v) is 8.54. The fourth-order valence-electron chi connectivity index (χ4n) is 3.17. The van der Waals surface area contributed by atoms with E-state index < -0.39 is 10.0 Å². The van der Waals surface area contributed by atoms with E-state index in [0.717, 1.165) is 25.9 Å². The van der Waals surface area contributed by atoms with Gasteiger partial charge in [0, 0.05) is 26.2 Å². The van der Waals surface area contributed by atoms with Crippen molar-refractivity contribution in [2.75, 3.05) is 45.8 Å². The maximum Gasteiger partial charge on any atom is 0.248 e. The highest BCUT2D eigenvalue weighted by atomic mass is 32.2. The van der Waals surface area contributed by atoms with Crippen molar-refractivity contribution in [3.63, 3.8) is 0 Å². The largest absolute Gasteiger partial charge is 0.360 e. The first kappa shape index (κ1) is 20.9. The third-order valence-corrected chi connectivity index (χ3v) is 6.93. The van der Waals surface area contributed by atoms with Crippen molar-refractivity contribution in [2.45, 2.75) is 45.4 Å². The number of hydrogen-bond acceptors (Lipinski definition) is 6. The van der Waals surface area contributed by atoms with E-state index in [1.54, 1.807) is 18.7 Å². The maximum atomic E-state index is 12.8. The summed E-state index contributed by atoms with van der Waals surface area (Å²) >= 11 is 0. The van der Waals surface area contributed by atoms with Gasteiger partial charge in [0.05, 0.1) is 6.54 Å². The molecule has 1 fully saturated rings. The van der Waals surface area contributed by atoms with E-state index in [1.165, 1.54) is 4.31 Å². The molecule has 1 aromatic heterocycles. The number of nitrogens with zero attached hydrogens (tertiary/aromatic N) is 4. The Labute approximate surface area is 156 Å². The van der Waals surface area contributed by atoms with Crippen LogP contribution in [0, 0.1) is 13.8 Å². The van der Waals surface area contributed by atoms with Crippen molar-refractivity contribution in [3.8, 4) is 0 Å². The van der Waals surface area contributed by atoms with Crippen LogP contribution in [-0.4, -0.2) is 79.4 Å². The topological polar surface area (TPSA) is 87.0 Å². The van der Waals surface area contributed by atoms with E-state index in [1.807, 2.05) is 0 Å². The number of piperazine rings is 1. The van der Waals surface area contributed by atoms with Crippen LogP contribution in [0.5, 0.6) is 0 Å². The van der Waals surface area contributed by atoms with Gasteiger partial charge in [-0.15, -0.1) is 0 Å². The molecule has 0 bridgehead atoms. The Balaban J connectivity index is 1.95. The van der Waals surface area contributed by atoms with Crippen LogP contribution in [0.15, 0.2) is 9.42 Å². The normalized spacial score (nSPS) is 16.4. The predicted octanol–water partition coefficient (Wildman–Crippen LogP) is 1.25. The molecule has 0 atom stereocenters. The monoisotopic (exact) mass is 386 g/mol. The highest BCUT2D eigenvalue weighted by molar-refractivity contribution is 7.89. The molecule has 0 saturated carbocycles. The Morgan fingerprint density at radius 1 is 1.19 bits per heavy atom. The number of aryl methyl sites for hydroxylation is 2. The molecular formula is C17H30N4O4S. The molecule has 2 heterocycles. The van der Waals surface area contributed by atoms with E-state index >= 15 is 0 Å². The molecule has 148 valence electrons. The van der Waals surface area contributed by atoms with Crippen molar-refractivity contribution in [1.82, 2.24) is 19.3 Å². The first-order chi connectivity index (χ1) is 12.3. The molecule has 26 heavy (non-hydrogen) atoms. The van der Waals surface area contributed by atoms with Gasteiger partial charge in [-0.05, 0) is 33.4 Å². The van der Waals surface area contributed by atoms with Gasteiger partial charge >= 0.3 is 0 Å². The smallest absolute Gasteiger partial charge is 0.248 e. The van der Waals surface area contributed by atoms with Crippen molar-refractivity contribution in [3.05, 3.63) is 11.5 Å². The molecule has 1 saturated heterocycles. The van der Waals surface area contributed by atoms with Gasteiger partial charge in [0.2, 0.25) is 15.9 Å². The second kappa shape index (κ2) is 8.96. The number of carbonyl (C=O) groups is 1. The molecule has 1 aliphatic heterocycles. The summed E-state index contributed by atoms with van der Waals surface area (Å²) < 4.78 is 32.1. The van der Waals surface area contributed by atoms with Crippen LogP contribution in [0.1, 0.15) is 38.1 Å². The number of hydrogen-bond donors (Lipinski definition) is 0. The summed E-state index contributed by atoms with van der Waals surface area (Å²) in [6.07, 6.45) is 2.17. The third kappa shape index (κ3) is 4.63. The molecule has 2 rings (SSSR count). The molecule has 1 aliphatic rings. The highest BCUT2D eigenvalue weighted by Crippen LogP contribution is 2.24. The van der Waals surface area contributed by atoms with E-state index in [2.05, 4.69) is 23.9 Å². The lowest BCUT2D eigenvalue weighted by Gasteiger charge is -2.35. The number of rotatable bonds is 8. The average molecular weight is 387 g/mol. The number of unbranched alkanes of at least 4 members (excludes halogenated alkanes) is 1. The molecule has 9 heteroatoms. The van der Waals surface area contributed by atoms with Crippen LogP contribution in [0.2, 0.25) is 0 Å². The molecule has 1 amide bonds. The summed E-state index contributed by atoms with van der Waals surface area (Å²) in [5.74, 6) is 0.368. The quantitative estimate of drug-likeness (QED) is 0.668. The van der Waals surface area contributed by atoms with Crippen molar-refractivity contribution < 1.29 is 17.7 Å². The SMILES string of the molecule is CCCCN(CC)CC(=O)N1CCN(S(=O)(=O)c2c(C)noc2C)CC1. The van der Waals surface area contributed by atoms with Gasteiger partial charge in [-0.3, -0.25) is 9.69 Å². The molecule has 1 aromatic rings. The number of amides is 1. The Bertz CT molecular complexity index is 689. The zero-order valence-corrected chi connectivity index (χ0v) is 17.0. The van der Waals surface area contributed by atoms with E-state index in [0.29, 0.717) is 44.2 Å². The van der Waals surface area contributed by atoms with Crippen molar-refractivity contribution in [1.29, 1.82) is 0 Å². The van der Waals surface area contributed by atoms with Gasteiger partial charge in [-0.1, -0.05) is 25.4 Å². The van der Waals surface area contributed by atoms with E-state index in [9.17, 15) is 13.2 Å². The first-order valence-electron chi connectivity index (χ1n) is 9.24. The molecule has 0 unspecified atom stereocenters. The zero-order valence-electron chi connectivity index (χ0n) is 16.2. The Morgan fingerprint density at radius 3 is 2.35 bits per heavy atom. The van der Waals surface area contributed by atoms with E-state index in [-0.39, 0.29) is 10.8 Å². The Hall–Kier alpha value is -1.45. The van der Waals surface area contributed by atoms with Gasteiger partial charge < -0.3 is 9.42 Å². The van der Waals surface area contributed by atoms with Gasteiger partial charge in [-0.2, -0.15) is 4.31 Å². The second-order valence-electron chi connectivity index (χ2n) is 6.66. The summed E-state index contributed by atoms with van der Waals surface area (Å²) in [6.45, 7) is 11.0. The molecule has 8 nitrogen and oxygen atoms in total. The van der Waals surface area contributed by atoms with Gasteiger partial charge in [0.1, 0.15) is 10.6 Å². The average Bonchev–Trinajstić information content (AvgIpc) is 2.97. The Kier molecular flexibility index (Phi) is 7.19. The molecule has 0 aromatic carbocycles. The summed E-state index contributed by atoms with van der Waals surface area (Å²) in [6, 6.07) is 0. The van der Waals surface area contributed by atoms with Gasteiger partial charge in [0.25, 0.3) is 0 Å². The Morgan fingerprint density at radius 2 is 1.85 bits per heavy atom. The van der Waals surface area contributed by atoms with Crippen LogP contribution in [0.25, 0.3) is 0 Å². The lowest BCUT2D eigenvalue weighted by Crippen LogP contribution is -2.52. The van der Waals surface area contributed by atoms with E-state index in [4.69, 9.17) is 4.52 Å². The van der Waals surface area contributed by atoms with Crippen LogP contribution in [-0.2, 0) is 14.8 Å². The van der Waals surface area contributed by atoms with Gasteiger partial charge in [0.15, 0.2) is 5.76 Å². The maximum absolute atomic E-state index is 12.8. The number of sulfonamides is 1. The van der Waals surface area contributed by atoms with Crippen LogP contribution >= 0.6 is 0 Å². The van der Waals surface area contributed by atoms with Crippen molar-refractivity contribution >= 4 is 15.9 Å². The zero-order chi connectivity index (χ0) is 19.3.